The molecule has 4 N–H and O–H groups in total. The number of rotatable bonds is 16. The summed E-state index contributed by atoms with van der Waals surface area (Å²) in [5.41, 5.74) is 1.30. The molecular weight excluding hydrogens is 685 g/mol. The lowest BCUT2D eigenvalue weighted by molar-refractivity contribution is -0.128. The molecule has 2 aromatic carbocycles. The number of carbonyl (C=O) groups excluding carboxylic acids is 2. The molecule has 272 valence electrons. The van der Waals surface area contributed by atoms with Gasteiger partial charge in [0.15, 0.2) is 0 Å². The van der Waals surface area contributed by atoms with Crippen LogP contribution in [0.1, 0.15) is 44.0 Å². The number of nitrogens with zero attached hydrogens (tertiary/aromatic N) is 5. The van der Waals surface area contributed by atoms with E-state index in [-0.39, 0.29) is 46.5 Å². The molecule has 50 heavy (non-hydrogen) atoms. The number of aliphatic hydroxyl groups excluding tert-OH is 1. The molecule has 0 bridgehead atoms. The maximum absolute atomic E-state index is 14.1. The third-order valence-corrected chi connectivity index (χ3v) is 11.0. The number of nitrogens with one attached hydrogen (secondary N) is 1. The Kier molecular flexibility index (Phi) is 13.0. The molecule has 1 aliphatic rings. The van der Waals surface area contributed by atoms with E-state index in [2.05, 4.69) is 10.3 Å². The molecule has 14 nitrogen and oxygen atoms in total. The van der Waals surface area contributed by atoms with Crippen LogP contribution in [0.15, 0.2) is 64.9 Å². The number of hydrogen-bond donors (Lipinski definition) is 4. The first-order valence-corrected chi connectivity index (χ1v) is 18.7. The summed E-state index contributed by atoms with van der Waals surface area (Å²) in [6.07, 6.45) is -2.91. The summed E-state index contributed by atoms with van der Waals surface area (Å²) >= 11 is 1.50. The van der Waals surface area contributed by atoms with Gasteiger partial charge in [0.1, 0.15) is 6.04 Å². The predicted molar refractivity (Wildman–Crippen MR) is 188 cm³/mol. The van der Waals surface area contributed by atoms with E-state index in [1.807, 2.05) is 70.3 Å². The van der Waals surface area contributed by atoms with Crippen molar-refractivity contribution in [3.63, 3.8) is 0 Å². The van der Waals surface area contributed by atoms with E-state index in [1.54, 1.807) is 4.90 Å². The first-order valence-electron chi connectivity index (χ1n) is 16.4. The van der Waals surface area contributed by atoms with Crippen molar-refractivity contribution < 1.29 is 38.2 Å². The third kappa shape index (κ3) is 9.57. The van der Waals surface area contributed by atoms with Crippen LogP contribution >= 0.6 is 11.3 Å². The van der Waals surface area contributed by atoms with Gasteiger partial charge in [0, 0.05) is 31.6 Å². The minimum absolute atomic E-state index is 0.00262. The normalized spacial score (nSPS) is 15.5. The molecule has 1 aromatic heterocycles. The Balaban J connectivity index is 1.59. The molecule has 0 spiro atoms. The number of aliphatic hydroxyl groups is 1. The van der Waals surface area contributed by atoms with Crippen molar-refractivity contribution in [2.24, 2.45) is 11.8 Å². The van der Waals surface area contributed by atoms with E-state index in [1.165, 1.54) is 34.4 Å². The van der Waals surface area contributed by atoms with Crippen molar-refractivity contribution in [2.75, 3.05) is 31.2 Å². The van der Waals surface area contributed by atoms with Crippen LogP contribution in [0, 0.1) is 18.8 Å². The molecule has 4 rings (SSSR count). The van der Waals surface area contributed by atoms with Gasteiger partial charge in [-0.1, -0.05) is 64.1 Å². The Bertz CT molecular complexity index is 1740. The summed E-state index contributed by atoms with van der Waals surface area (Å²) in [7, 11) is -4.32. The number of carbonyl (C=O) groups is 3. The summed E-state index contributed by atoms with van der Waals surface area (Å²) in [5, 5.41) is 36.5. The molecule has 16 heteroatoms. The average Bonchev–Trinajstić information content (AvgIpc) is 3.64. The predicted octanol–water partition coefficient (Wildman–Crippen LogP) is 4.02. The topological polar surface area (TPSA) is 184 Å². The van der Waals surface area contributed by atoms with Crippen LogP contribution in [0.3, 0.4) is 0 Å². The SMILES string of the molecule is Cc1nc(CN2CCN([C@H](C(=O)N[C@@H](Cc3ccccc3)[C@H](O)CN(CC(C)C)S(=O)(=O)c3cccc(N(O)C(=O)O)c3)C(C)C)C2=O)cs1. The second kappa shape index (κ2) is 16.7. The van der Waals surface area contributed by atoms with Crippen LogP contribution in [0.2, 0.25) is 0 Å². The third-order valence-electron chi connectivity index (χ3n) is 8.31. The van der Waals surface area contributed by atoms with Gasteiger partial charge < -0.3 is 25.3 Å². The molecule has 1 fully saturated rings. The van der Waals surface area contributed by atoms with Gasteiger partial charge in [-0.25, -0.2) is 23.0 Å². The summed E-state index contributed by atoms with van der Waals surface area (Å²) in [6.45, 7) is 9.89. The fourth-order valence-corrected chi connectivity index (χ4v) is 8.22. The largest absolute Gasteiger partial charge is 0.463 e. The fraction of sp³-hybridized carbons (Fsp3) is 0.471. The van der Waals surface area contributed by atoms with Crippen LogP contribution < -0.4 is 10.4 Å². The zero-order valence-corrected chi connectivity index (χ0v) is 30.5. The maximum Gasteiger partial charge on any atom is 0.436 e. The Morgan fingerprint density at radius 1 is 1.04 bits per heavy atom. The number of carboxylic acid groups (broad SMARTS) is 1. The number of benzene rings is 2. The smallest absolute Gasteiger partial charge is 0.436 e. The zero-order valence-electron chi connectivity index (χ0n) is 28.8. The highest BCUT2D eigenvalue weighted by molar-refractivity contribution is 7.89. The minimum Gasteiger partial charge on any atom is -0.463 e. The first kappa shape index (κ1) is 38.7. The van der Waals surface area contributed by atoms with Crippen molar-refractivity contribution in [1.29, 1.82) is 0 Å². The Morgan fingerprint density at radius 2 is 1.74 bits per heavy atom. The van der Waals surface area contributed by atoms with Gasteiger partial charge in [0.05, 0.1) is 40.0 Å². The molecule has 4 amide bonds. The highest BCUT2D eigenvalue weighted by atomic mass is 32.2. The number of urea groups is 1. The van der Waals surface area contributed by atoms with Crippen molar-refractivity contribution in [2.45, 2.75) is 70.7 Å². The van der Waals surface area contributed by atoms with Gasteiger partial charge in [0.25, 0.3) is 0 Å². The highest BCUT2D eigenvalue weighted by Gasteiger charge is 2.40. The monoisotopic (exact) mass is 730 g/mol. The van der Waals surface area contributed by atoms with Gasteiger partial charge in [-0.15, -0.1) is 11.3 Å². The zero-order chi connectivity index (χ0) is 36.7. The number of hydrogen-bond acceptors (Lipinski definition) is 9. The van der Waals surface area contributed by atoms with E-state index < -0.39 is 46.8 Å². The van der Waals surface area contributed by atoms with Crippen molar-refractivity contribution >= 4 is 45.1 Å². The van der Waals surface area contributed by atoms with E-state index in [9.17, 15) is 38.2 Å². The average molecular weight is 731 g/mol. The molecule has 0 unspecified atom stereocenters. The summed E-state index contributed by atoms with van der Waals surface area (Å²) < 4.78 is 29.0. The van der Waals surface area contributed by atoms with Crippen molar-refractivity contribution in [3.05, 3.63) is 76.2 Å². The second-order valence-electron chi connectivity index (χ2n) is 13.1. The number of aromatic nitrogens is 1. The highest BCUT2D eigenvalue weighted by Crippen LogP contribution is 2.25. The summed E-state index contributed by atoms with van der Waals surface area (Å²) in [4.78, 5) is 46.3. The Morgan fingerprint density at radius 3 is 2.34 bits per heavy atom. The summed E-state index contributed by atoms with van der Waals surface area (Å²) in [6, 6.07) is 11.9. The molecule has 0 saturated carbocycles. The van der Waals surface area contributed by atoms with Crippen molar-refractivity contribution in [1.82, 2.24) is 24.4 Å². The second-order valence-corrected chi connectivity index (χ2v) is 16.1. The van der Waals surface area contributed by atoms with E-state index in [4.69, 9.17) is 0 Å². The standard InChI is InChI=1S/C34H46N6O8S2/c1-22(2)18-38(50(47,48)28-13-9-12-27(17-28)40(46)34(44)45)20-30(41)29(16-25-10-7-6-8-11-25)36-32(42)31(23(3)4)39-15-14-37(33(39)43)19-26-21-49-24(5)35-26/h6-13,17,21-23,29-31,41,46H,14-16,18-20H2,1-5H3,(H,36,42)(H,44,45)/t29-,30+,31-/m0/s1. The van der Waals surface area contributed by atoms with E-state index in [0.29, 0.717) is 19.6 Å². The number of aryl methyl sites for hydroxylation is 1. The molecular formula is C34H46N6O8S2. The number of thiazole rings is 1. The molecule has 0 radical (unpaired) electrons. The molecule has 3 atom stereocenters. The fourth-order valence-electron chi connectivity index (χ4n) is 5.96. The van der Waals surface area contributed by atoms with Gasteiger partial charge in [-0.3, -0.25) is 10.0 Å². The number of anilines is 1. The molecule has 2 heterocycles. The number of hydroxylamine groups is 1. The number of sulfonamides is 1. The molecule has 3 aromatic rings. The van der Waals surface area contributed by atoms with Crippen LogP contribution in [-0.2, 0) is 27.8 Å². The quantitative estimate of drug-likeness (QED) is 0.125. The van der Waals surface area contributed by atoms with Gasteiger partial charge in [0.2, 0.25) is 15.9 Å². The van der Waals surface area contributed by atoms with Crippen LogP contribution in [0.25, 0.3) is 0 Å². The number of amides is 4. The van der Waals surface area contributed by atoms with Crippen LogP contribution in [-0.4, -0.2) is 105 Å². The lowest BCUT2D eigenvalue weighted by Crippen LogP contribution is -2.57. The lowest BCUT2D eigenvalue weighted by atomic mass is 9.97. The van der Waals surface area contributed by atoms with E-state index in [0.717, 1.165) is 26.6 Å². The van der Waals surface area contributed by atoms with Gasteiger partial charge in [-0.05, 0) is 48.9 Å². The van der Waals surface area contributed by atoms with E-state index >= 15 is 0 Å². The lowest BCUT2D eigenvalue weighted by Gasteiger charge is -2.34. The van der Waals surface area contributed by atoms with Gasteiger partial charge in [-0.2, -0.15) is 9.37 Å². The summed E-state index contributed by atoms with van der Waals surface area (Å²) in [5.74, 6) is -0.919. The Hall–Kier alpha value is -4.09. The first-order chi connectivity index (χ1) is 23.6. The molecule has 1 aliphatic heterocycles. The maximum atomic E-state index is 14.1. The minimum atomic E-state index is -4.32. The van der Waals surface area contributed by atoms with Crippen LogP contribution in [0.5, 0.6) is 0 Å². The Labute approximate surface area is 297 Å². The van der Waals surface area contributed by atoms with Crippen molar-refractivity contribution in [3.8, 4) is 0 Å². The molecule has 1 saturated heterocycles. The van der Waals surface area contributed by atoms with Crippen LogP contribution in [0.4, 0.5) is 15.3 Å². The van der Waals surface area contributed by atoms with Gasteiger partial charge >= 0.3 is 12.1 Å². The molecule has 0 aliphatic carbocycles.